The van der Waals surface area contributed by atoms with Gasteiger partial charge in [-0.1, -0.05) is 41.5 Å². The lowest BCUT2D eigenvalue weighted by Gasteiger charge is -2.21. The highest BCUT2D eigenvalue weighted by Gasteiger charge is 2.38. The van der Waals surface area contributed by atoms with Crippen molar-refractivity contribution in [2.45, 2.75) is 60.8 Å². The highest BCUT2D eigenvalue weighted by molar-refractivity contribution is 7.61. The van der Waals surface area contributed by atoms with Crippen molar-refractivity contribution in [3.05, 3.63) is 0 Å². The molecule has 0 radical (unpaired) electrons. The van der Waals surface area contributed by atoms with Crippen LogP contribution in [0.4, 0.5) is 0 Å². The third-order valence-corrected chi connectivity index (χ3v) is 6.17. The SMILES string of the molecule is CC(C)CCOP(=O)(O)OP(=O)(OCCC(C)C)OCCC(C)C. The Morgan fingerprint density at radius 3 is 1.38 bits per heavy atom. The van der Waals surface area contributed by atoms with Gasteiger partial charge in [0.1, 0.15) is 0 Å². The molecule has 0 aromatic carbocycles. The lowest BCUT2D eigenvalue weighted by atomic mass is 10.2. The van der Waals surface area contributed by atoms with E-state index in [1.54, 1.807) is 0 Å². The third-order valence-electron chi connectivity index (χ3n) is 3.04. The minimum atomic E-state index is -4.51. The van der Waals surface area contributed by atoms with Gasteiger partial charge in [-0.15, -0.1) is 0 Å². The molecule has 24 heavy (non-hydrogen) atoms. The summed E-state index contributed by atoms with van der Waals surface area (Å²) in [5, 5.41) is 0. The number of phosphoric ester groups is 2. The molecule has 0 saturated carbocycles. The van der Waals surface area contributed by atoms with Crippen LogP contribution in [-0.2, 0) is 27.0 Å². The molecule has 0 bridgehead atoms. The average Bonchev–Trinajstić information content (AvgIpc) is 2.35. The monoisotopic (exact) mass is 388 g/mol. The van der Waals surface area contributed by atoms with Crippen molar-refractivity contribution < 1.29 is 31.9 Å². The van der Waals surface area contributed by atoms with Crippen molar-refractivity contribution in [2.75, 3.05) is 19.8 Å². The molecule has 1 atom stereocenters. The summed E-state index contributed by atoms with van der Waals surface area (Å²) >= 11 is 0. The Hall–Kier alpha value is 0.260. The summed E-state index contributed by atoms with van der Waals surface area (Å²) in [5.41, 5.74) is 0. The van der Waals surface area contributed by atoms with Crippen molar-refractivity contribution in [3.8, 4) is 0 Å². The fourth-order valence-corrected chi connectivity index (χ4v) is 4.08. The van der Waals surface area contributed by atoms with Gasteiger partial charge in [-0.3, -0.25) is 13.6 Å². The van der Waals surface area contributed by atoms with Gasteiger partial charge in [0.05, 0.1) is 19.8 Å². The van der Waals surface area contributed by atoms with Crippen LogP contribution in [0, 0.1) is 17.8 Å². The Labute approximate surface area is 146 Å². The molecule has 0 spiro atoms. The van der Waals surface area contributed by atoms with E-state index < -0.39 is 15.6 Å². The highest BCUT2D eigenvalue weighted by Crippen LogP contribution is 2.63. The molecule has 7 nitrogen and oxygen atoms in total. The molecular formula is C15H34O7P2. The van der Waals surface area contributed by atoms with E-state index in [1.807, 2.05) is 41.5 Å². The van der Waals surface area contributed by atoms with Crippen LogP contribution in [0.15, 0.2) is 0 Å². The number of phosphoric acid groups is 2. The van der Waals surface area contributed by atoms with Gasteiger partial charge < -0.3 is 4.89 Å². The molecule has 0 rings (SSSR count). The molecule has 0 amide bonds. The minimum absolute atomic E-state index is 0.0312. The first kappa shape index (κ1) is 24.3. The fraction of sp³-hybridized carbons (Fsp3) is 1.00. The zero-order valence-electron chi connectivity index (χ0n) is 15.8. The van der Waals surface area contributed by atoms with Gasteiger partial charge in [0.2, 0.25) is 0 Å². The van der Waals surface area contributed by atoms with Crippen LogP contribution in [0.3, 0.4) is 0 Å². The van der Waals surface area contributed by atoms with Crippen molar-refractivity contribution in [1.29, 1.82) is 0 Å². The molecule has 0 aromatic heterocycles. The summed E-state index contributed by atoms with van der Waals surface area (Å²) in [5.74, 6) is 0.969. The van der Waals surface area contributed by atoms with Gasteiger partial charge in [-0.25, -0.2) is 9.13 Å². The largest absolute Gasteiger partial charge is 0.483 e. The molecule has 0 aliphatic rings. The van der Waals surface area contributed by atoms with Crippen molar-refractivity contribution in [3.63, 3.8) is 0 Å². The predicted octanol–water partition coefficient (Wildman–Crippen LogP) is 5.40. The first-order chi connectivity index (χ1) is 11.0. The van der Waals surface area contributed by atoms with E-state index in [0.29, 0.717) is 37.0 Å². The van der Waals surface area contributed by atoms with Crippen LogP contribution in [-0.4, -0.2) is 24.7 Å². The van der Waals surface area contributed by atoms with Gasteiger partial charge in [-0.05, 0) is 37.0 Å². The fourth-order valence-electron chi connectivity index (χ4n) is 1.44. The third kappa shape index (κ3) is 13.5. The first-order valence-corrected chi connectivity index (χ1v) is 11.5. The molecule has 0 aromatic rings. The van der Waals surface area contributed by atoms with E-state index in [4.69, 9.17) is 17.9 Å². The topological polar surface area (TPSA) is 91.3 Å². The van der Waals surface area contributed by atoms with Crippen LogP contribution >= 0.6 is 15.6 Å². The van der Waals surface area contributed by atoms with Crippen molar-refractivity contribution in [2.24, 2.45) is 17.8 Å². The quantitative estimate of drug-likeness (QED) is 0.398. The normalized spacial score (nSPS) is 15.4. The number of hydrogen-bond acceptors (Lipinski definition) is 6. The molecule has 0 aliphatic carbocycles. The van der Waals surface area contributed by atoms with Crippen LogP contribution in [0.25, 0.3) is 0 Å². The van der Waals surface area contributed by atoms with Gasteiger partial charge in [0, 0.05) is 0 Å². The molecule has 146 valence electrons. The minimum Gasteiger partial charge on any atom is -0.302 e. The maximum absolute atomic E-state index is 12.6. The van der Waals surface area contributed by atoms with E-state index in [9.17, 15) is 14.0 Å². The summed E-state index contributed by atoms with van der Waals surface area (Å²) < 4.78 is 44.6. The van der Waals surface area contributed by atoms with E-state index in [1.165, 1.54) is 0 Å². The van der Waals surface area contributed by atoms with Gasteiger partial charge >= 0.3 is 15.6 Å². The zero-order chi connectivity index (χ0) is 18.8. The van der Waals surface area contributed by atoms with Gasteiger partial charge in [0.15, 0.2) is 0 Å². The second kappa shape index (κ2) is 11.8. The summed E-state index contributed by atoms with van der Waals surface area (Å²) in [6.07, 6.45) is 1.84. The standard InChI is InChI=1S/C15H34O7P2/c1-13(2)7-10-19-23(16,17)22-24(18,20-11-8-14(3)4)21-12-9-15(5)6/h13-15H,7-12H2,1-6H3,(H,16,17). The van der Waals surface area contributed by atoms with Crippen LogP contribution in [0.1, 0.15) is 60.8 Å². The lowest BCUT2D eigenvalue weighted by Crippen LogP contribution is -2.06. The summed E-state index contributed by atoms with van der Waals surface area (Å²) in [6, 6.07) is 0. The van der Waals surface area contributed by atoms with Crippen molar-refractivity contribution >= 4 is 15.6 Å². The Morgan fingerprint density at radius 1 is 0.708 bits per heavy atom. The van der Waals surface area contributed by atoms with E-state index in [0.717, 1.165) is 0 Å². The molecule has 0 saturated heterocycles. The second-order valence-electron chi connectivity index (χ2n) is 7.04. The smallest absolute Gasteiger partial charge is 0.302 e. The first-order valence-electron chi connectivity index (χ1n) is 8.53. The summed E-state index contributed by atoms with van der Waals surface area (Å²) in [6.45, 7) is 12.1. The predicted molar refractivity (Wildman–Crippen MR) is 94.7 cm³/mol. The zero-order valence-corrected chi connectivity index (χ0v) is 17.6. The summed E-state index contributed by atoms with van der Waals surface area (Å²) in [7, 11) is -8.67. The molecule has 0 heterocycles. The molecule has 9 heteroatoms. The van der Waals surface area contributed by atoms with Crippen LogP contribution in [0.5, 0.6) is 0 Å². The Kier molecular flexibility index (Phi) is 11.9. The average molecular weight is 388 g/mol. The summed E-state index contributed by atoms with van der Waals surface area (Å²) in [4.78, 5) is 9.76. The number of hydrogen-bond donors (Lipinski definition) is 1. The maximum atomic E-state index is 12.6. The Bertz CT molecular complexity index is 406. The molecular weight excluding hydrogens is 354 g/mol. The van der Waals surface area contributed by atoms with E-state index in [-0.39, 0.29) is 19.8 Å². The van der Waals surface area contributed by atoms with Gasteiger partial charge in [-0.2, -0.15) is 4.31 Å². The maximum Gasteiger partial charge on any atom is 0.483 e. The molecule has 0 fully saturated rings. The number of rotatable bonds is 14. The van der Waals surface area contributed by atoms with Crippen LogP contribution < -0.4 is 0 Å². The van der Waals surface area contributed by atoms with E-state index >= 15 is 0 Å². The Morgan fingerprint density at radius 2 is 1.04 bits per heavy atom. The Balaban J connectivity index is 4.70. The highest BCUT2D eigenvalue weighted by atomic mass is 31.3. The van der Waals surface area contributed by atoms with Crippen molar-refractivity contribution in [1.82, 2.24) is 0 Å². The lowest BCUT2D eigenvalue weighted by molar-refractivity contribution is 0.119. The van der Waals surface area contributed by atoms with Gasteiger partial charge in [0.25, 0.3) is 0 Å². The van der Waals surface area contributed by atoms with Crippen LogP contribution in [0.2, 0.25) is 0 Å². The molecule has 0 aliphatic heterocycles. The second-order valence-corrected chi connectivity index (χ2v) is 10.3. The molecule has 1 N–H and O–H groups in total. The van der Waals surface area contributed by atoms with E-state index in [2.05, 4.69) is 0 Å². The molecule has 1 unspecified atom stereocenters.